The zero-order valence-electron chi connectivity index (χ0n) is 13.1. The Morgan fingerprint density at radius 3 is 2.96 bits per heavy atom. The van der Waals surface area contributed by atoms with Gasteiger partial charge in [0.05, 0.1) is 25.5 Å². The molecule has 0 unspecified atom stereocenters. The zero-order chi connectivity index (χ0) is 16.4. The maximum Gasteiger partial charge on any atom is 0.261 e. The highest BCUT2D eigenvalue weighted by Crippen LogP contribution is 2.30. The average molecular weight is 333 g/mol. The molecule has 1 atom stereocenters. The number of nitrogens with two attached hydrogens (primary N) is 1. The van der Waals surface area contributed by atoms with Gasteiger partial charge in [-0.25, -0.2) is 4.98 Å². The number of nitrogens with zero attached hydrogens (tertiary/aromatic N) is 1. The van der Waals surface area contributed by atoms with Crippen molar-refractivity contribution < 1.29 is 14.3 Å². The largest absolute Gasteiger partial charge is 0.497 e. The third-order valence-corrected chi connectivity index (χ3v) is 4.89. The summed E-state index contributed by atoms with van der Waals surface area (Å²) in [6.45, 7) is 0. The van der Waals surface area contributed by atoms with Crippen molar-refractivity contribution in [2.24, 2.45) is 5.73 Å². The van der Waals surface area contributed by atoms with Crippen LogP contribution in [0.5, 0.6) is 11.5 Å². The van der Waals surface area contributed by atoms with E-state index in [1.165, 1.54) is 23.3 Å². The van der Waals surface area contributed by atoms with Crippen molar-refractivity contribution in [2.45, 2.75) is 25.3 Å². The van der Waals surface area contributed by atoms with Gasteiger partial charge in [0.25, 0.3) is 5.91 Å². The first kappa shape index (κ1) is 15.8. The highest BCUT2D eigenvalue weighted by molar-refractivity contribution is 7.15. The molecule has 6 nitrogen and oxygen atoms in total. The zero-order valence-corrected chi connectivity index (χ0v) is 13.9. The van der Waals surface area contributed by atoms with Crippen molar-refractivity contribution >= 4 is 22.4 Å². The molecule has 1 aromatic carbocycles. The summed E-state index contributed by atoms with van der Waals surface area (Å²) in [5.74, 6) is 0.849. The van der Waals surface area contributed by atoms with E-state index < -0.39 is 0 Å². The van der Waals surface area contributed by atoms with E-state index in [1.807, 2.05) is 0 Å². The van der Waals surface area contributed by atoms with E-state index in [2.05, 4.69) is 10.3 Å². The van der Waals surface area contributed by atoms with Crippen LogP contribution >= 0.6 is 11.3 Å². The normalized spacial score (nSPS) is 16.6. The predicted octanol–water partition coefficient (Wildman–Crippen LogP) is 2.23. The number of fused-ring (bicyclic) bond motifs is 1. The van der Waals surface area contributed by atoms with E-state index in [4.69, 9.17) is 15.2 Å². The smallest absolute Gasteiger partial charge is 0.261 e. The molecule has 0 radical (unpaired) electrons. The van der Waals surface area contributed by atoms with Crippen LogP contribution in [0.2, 0.25) is 0 Å². The molecule has 122 valence electrons. The molecule has 1 aromatic heterocycles. The molecule has 23 heavy (non-hydrogen) atoms. The second kappa shape index (κ2) is 6.55. The lowest BCUT2D eigenvalue weighted by molar-refractivity contribution is 0.102. The summed E-state index contributed by atoms with van der Waals surface area (Å²) in [4.78, 5) is 18.2. The van der Waals surface area contributed by atoms with Crippen molar-refractivity contribution in [3.05, 3.63) is 34.3 Å². The number of anilines is 1. The first-order chi connectivity index (χ1) is 11.1. The predicted molar refractivity (Wildman–Crippen MR) is 89.6 cm³/mol. The molecular formula is C16H19N3O3S. The molecule has 1 heterocycles. The van der Waals surface area contributed by atoms with Gasteiger partial charge in [-0.1, -0.05) is 0 Å². The number of hydrogen-bond donors (Lipinski definition) is 2. The van der Waals surface area contributed by atoms with Crippen molar-refractivity contribution in [1.82, 2.24) is 4.98 Å². The highest BCUT2D eigenvalue weighted by atomic mass is 32.1. The van der Waals surface area contributed by atoms with Crippen molar-refractivity contribution in [2.75, 3.05) is 19.5 Å². The average Bonchev–Trinajstić information content (AvgIpc) is 2.95. The highest BCUT2D eigenvalue weighted by Gasteiger charge is 2.21. The van der Waals surface area contributed by atoms with Gasteiger partial charge in [-0.3, -0.25) is 10.1 Å². The Balaban J connectivity index is 1.79. The van der Waals surface area contributed by atoms with Crippen molar-refractivity contribution in [1.29, 1.82) is 0 Å². The quantitative estimate of drug-likeness (QED) is 0.896. The number of aryl methyl sites for hydroxylation is 1. The molecule has 0 saturated carbocycles. The summed E-state index contributed by atoms with van der Waals surface area (Å²) in [6.07, 6.45) is 2.64. The van der Waals surface area contributed by atoms with Gasteiger partial charge in [-0.2, -0.15) is 0 Å². The number of thiazole rings is 1. The van der Waals surface area contributed by atoms with Gasteiger partial charge in [0.2, 0.25) is 0 Å². The van der Waals surface area contributed by atoms with E-state index in [1.54, 1.807) is 25.3 Å². The van der Waals surface area contributed by atoms with Crippen LogP contribution in [0.1, 0.15) is 27.3 Å². The SMILES string of the molecule is COc1ccc(C(=O)Nc2nc3c(s2)C[C@@H](N)CC3)c(OC)c1. The fourth-order valence-electron chi connectivity index (χ4n) is 2.60. The molecule has 3 rings (SSSR count). The van der Waals surface area contributed by atoms with Gasteiger partial charge in [0.1, 0.15) is 11.5 Å². The first-order valence-corrected chi connectivity index (χ1v) is 8.20. The summed E-state index contributed by atoms with van der Waals surface area (Å²) in [5, 5.41) is 3.45. The van der Waals surface area contributed by atoms with E-state index in [9.17, 15) is 4.79 Å². The summed E-state index contributed by atoms with van der Waals surface area (Å²) >= 11 is 1.49. The number of nitrogens with one attached hydrogen (secondary N) is 1. The third-order valence-electron chi connectivity index (χ3n) is 3.85. The summed E-state index contributed by atoms with van der Waals surface area (Å²) < 4.78 is 10.4. The van der Waals surface area contributed by atoms with Crippen LogP contribution in [0.4, 0.5) is 5.13 Å². The monoisotopic (exact) mass is 333 g/mol. The van der Waals surface area contributed by atoms with Crippen molar-refractivity contribution in [3.63, 3.8) is 0 Å². The number of amides is 1. The van der Waals surface area contributed by atoms with Crippen molar-refractivity contribution in [3.8, 4) is 11.5 Å². The minimum absolute atomic E-state index is 0.188. The second-order valence-corrected chi connectivity index (χ2v) is 6.50. The number of benzene rings is 1. The van der Waals surface area contributed by atoms with Crippen LogP contribution in [0, 0.1) is 0 Å². The topological polar surface area (TPSA) is 86.5 Å². The molecule has 2 aromatic rings. The lowest BCUT2D eigenvalue weighted by Gasteiger charge is -2.15. The Labute approximate surface area is 138 Å². The molecule has 0 saturated heterocycles. The molecule has 1 amide bonds. The number of carbonyl (C=O) groups is 1. The Kier molecular flexibility index (Phi) is 4.49. The first-order valence-electron chi connectivity index (χ1n) is 7.38. The van der Waals surface area contributed by atoms with Gasteiger partial charge in [-0.15, -0.1) is 11.3 Å². The number of hydrogen-bond acceptors (Lipinski definition) is 6. The van der Waals surface area contributed by atoms with E-state index in [0.717, 1.165) is 25.0 Å². The number of rotatable bonds is 4. The molecule has 3 N–H and O–H groups in total. The maximum atomic E-state index is 12.5. The molecule has 0 bridgehead atoms. The number of aromatic nitrogens is 1. The van der Waals surface area contributed by atoms with Gasteiger partial charge in [0.15, 0.2) is 5.13 Å². The fraction of sp³-hybridized carbons (Fsp3) is 0.375. The number of carbonyl (C=O) groups excluding carboxylic acids is 1. The summed E-state index contributed by atoms with van der Waals surface area (Å²) in [7, 11) is 3.09. The summed E-state index contributed by atoms with van der Waals surface area (Å²) in [6, 6.07) is 5.27. The molecule has 0 aliphatic heterocycles. The van der Waals surface area contributed by atoms with E-state index in [0.29, 0.717) is 22.2 Å². The number of methoxy groups -OCH3 is 2. The van der Waals surface area contributed by atoms with Gasteiger partial charge >= 0.3 is 0 Å². The molecule has 1 aliphatic carbocycles. The van der Waals surface area contributed by atoms with Crippen LogP contribution in [-0.4, -0.2) is 31.2 Å². The van der Waals surface area contributed by atoms with Crippen LogP contribution in [0.15, 0.2) is 18.2 Å². The molecule has 0 fully saturated rings. The van der Waals surface area contributed by atoms with E-state index in [-0.39, 0.29) is 11.9 Å². The Hall–Kier alpha value is -2.12. The Morgan fingerprint density at radius 1 is 1.39 bits per heavy atom. The molecule has 1 aliphatic rings. The lowest BCUT2D eigenvalue weighted by Crippen LogP contribution is -2.27. The van der Waals surface area contributed by atoms with Gasteiger partial charge < -0.3 is 15.2 Å². The Bertz CT molecular complexity index is 729. The third kappa shape index (κ3) is 3.30. The minimum Gasteiger partial charge on any atom is -0.497 e. The van der Waals surface area contributed by atoms with Crippen LogP contribution in [-0.2, 0) is 12.8 Å². The minimum atomic E-state index is -0.250. The second-order valence-electron chi connectivity index (χ2n) is 5.41. The number of ether oxygens (including phenoxy) is 2. The van der Waals surface area contributed by atoms with Gasteiger partial charge in [-0.05, 0) is 31.4 Å². The fourth-order valence-corrected chi connectivity index (χ4v) is 3.70. The lowest BCUT2D eigenvalue weighted by atomic mass is 9.99. The standard InChI is InChI=1S/C16H19N3O3S/c1-21-10-4-5-11(13(8-10)22-2)15(20)19-16-18-12-6-3-9(17)7-14(12)23-16/h4-5,8-9H,3,6-7,17H2,1-2H3,(H,18,19,20)/t9-/m0/s1. The Morgan fingerprint density at radius 2 is 2.22 bits per heavy atom. The molecular weight excluding hydrogens is 314 g/mol. The maximum absolute atomic E-state index is 12.5. The van der Waals surface area contributed by atoms with Crippen LogP contribution in [0.3, 0.4) is 0 Å². The summed E-state index contributed by atoms with van der Waals surface area (Å²) in [5.41, 5.74) is 7.47. The van der Waals surface area contributed by atoms with Gasteiger partial charge in [0, 0.05) is 17.0 Å². The molecule has 0 spiro atoms. The van der Waals surface area contributed by atoms with Crippen LogP contribution in [0.25, 0.3) is 0 Å². The molecule has 7 heteroatoms. The van der Waals surface area contributed by atoms with E-state index >= 15 is 0 Å². The van der Waals surface area contributed by atoms with Crippen LogP contribution < -0.4 is 20.5 Å².